The van der Waals surface area contributed by atoms with Gasteiger partial charge in [-0.05, 0) is 0 Å². The van der Waals surface area contributed by atoms with Crippen LogP contribution in [0.25, 0.3) is 11.3 Å². The predicted octanol–water partition coefficient (Wildman–Crippen LogP) is -4.22. The van der Waals surface area contributed by atoms with E-state index in [0.29, 0.717) is 0 Å². The lowest BCUT2D eigenvalue weighted by Gasteiger charge is -2.05. The molecule has 4 rings (SSSR count). The molecule has 0 aliphatic carbocycles. The first-order valence-electron chi connectivity index (χ1n) is 7.60. The summed E-state index contributed by atoms with van der Waals surface area (Å²) in [7, 11) is 0. The molecule has 4 N–H and O–H groups in total. The van der Waals surface area contributed by atoms with Crippen LogP contribution in [0.3, 0.4) is 0 Å². The fourth-order valence-electron chi connectivity index (χ4n) is 2.49. The Morgan fingerprint density at radius 2 is 1.18 bits per heavy atom. The van der Waals surface area contributed by atoms with Gasteiger partial charge in [-0.15, -0.1) is 10.2 Å². The Kier molecular flexibility index (Phi) is 3.65. The zero-order valence-corrected chi connectivity index (χ0v) is 13.8. The van der Waals surface area contributed by atoms with Crippen molar-refractivity contribution < 1.29 is 9.59 Å². The molecule has 4 aromatic rings. The third kappa shape index (κ3) is 2.47. The van der Waals surface area contributed by atoms with Crippen molar-refractivity contribution in [3.05, 3.63) is 45.0 Å². The molecule has 4 aromatic heterocycles. The molecule has 4 heterocycles. The van der Waals surface area contributed by atoms with Crippen molar-refractivity contribution in [3.63, 3.8) is 0 Å². The van der Waals surface area contributed by atoms with Crippen LogP contribution in [0.15, 0.2) is 22.2 Å². The minimum absolute atomic E-state index is 0.0791. The van der Waals surface area contributed by atoms with Gasteiger partial charge in [-0.2, -0.15) is 9.36 Å². The van der Waals surface area contributed by atoms with Crippen molar-refractivity contribution in [2.45, 2.75) is 13.1 Å². The van der Waals surface area contributed by atoms with Gasteiger partial charge in [0.05, 0.1) is 13.1 Å². The van der Waals surface area contributed by atoms with E-state index < -0.39 is 23.2 Å². The van der Waals surface area contributed by atoms with Crippen LogP contribution in [-0.2, 0) is 13.1 Å². The van der Waals surface area contributed by atoms with Gasteiger partial charge in [0.1, 0.15) is 12.7 Å². The van der Waals surface area contributed by atoms with Crippen molar-refractivity contribution in [3.8, 4) is 0 Å². The second-order valence-corrected chi connectivity index (χ2v) is 5.49. The minimum Gasteiger partial charge on any atom is -0.364 e. The Bertz CT molecular complexity index is 1270. The Morgan fingerprint density at radius 3 is 1.54 bits per heavy atom. The topological polar surface area (TPSA) is 216 Å². The van der Waals surface area contributed by atoms with Crippen LogP contribution in [-0.4, -0.2) is 60.6 Å². The van der Waals surface area contributed by atoms with Gasteiger partial charge in [0.2, 0.25) is 0 Å². The average molecular weight is 386 g/mol. The average Bonchev–Trinajstić information content (AvgIpc) is 3.27. The first-order valence-corrected chi connectivity index (χ1v) is 7.60. The number of carbonyl (C=O) groups excluding carboxylic acids is 2. The Balaban J connectivity index is 1.66. The summed E-state index contributed by atoms with van der Waals surface area (Å²) in [4.78, 5) is 54.8. The number of nitrogens with zero attached hydrogens (tertiary/aromatic N) is 10. The monoisotopic (exact) mass is 386 g/mol. The molecular weight excluding hydrogens is 376 g/mol. The molecule has 16 heteroatoms. The molecule has 0 saturated heterocycles. The van der Waals surface area contributed by atoms with E-state index in [2.05, 4.69) is 30.6 Å². The molecule has 0 saturated carbocycles. The predicted molar refractivity (Wildman–Crippen MR) is 87.1 cm³/mol. The van der Waals surface area contributed by atoms with Gasteiger partial charge in [0.25, 0.3) is 11.8 Å². The molecule has 2 amide bonds. The fraction of sp³-hybridized carbons (Fsp3) is 0.167. The number of rotatable bonds is 5. The number of nitrogens with two attached hydrogens (primary N) is 2. The summed E-state index contributed by atoms with van der Waals surface area (Å²) in [5.74, 6) is -1.69. The summed E-state index contributed by atoms with van der Waals surface area (Å²) in [5, 5.41) is 14.9. The maximum absolute atomic E-state index is 12.4. The summed E-state index contributed by atoms with van der Waals surface area (Å²) in [6.45, 7) is -0.188. The molecule has 142 valence electrons. The van der Waals surface area contributed by atoms with E-state index in [1.165, 1.54) is 0 Å². The molecule has 0 fully saturated rings. The summed E-state index contributed by atoms with van der Waals surface area (Å²) < 4.78 is 3.89. The Hall–Kier alpha value is -4.50. The highest BCUT2D eigenvalue weighted by Crippen LogP contribution is 2.02. The molecule has 0 spiro atoms. The molecule has 16 nitrogen and oxygen atoms in total. The second-order valence-electron chi connectivity index (χ2n) is 5.49. The van der Waals surface area contributed by atoms with Crippen LogP contribution in [0.4, 0.5) is 0 Å². The minimum atomic E-state index is -0.847. The maximum Gasteiger partial charge on any atom is 0.353 e. The van der Waals surface area contributed by atoms with Gasteiger partial charge in [-0.3, -0.25) is 9.59 Å². The first-order chi connectivity index (χ1) is 13.4. The standard InChI is InChI=1S/C12H10N12O4/c13-7(25)5-9-17-19-23(11(27)21(9)3-15-5)1-2-24-12(28)22-4-16-6(8(14)26)10(22)18-20-24/h3-4H,1-2H2,(H2,13,25)(H2,14,26). The van der Waals surface area contributed by atoms with E-state index in [4.69, 9.17) is 11.5 Å². The number of imidazole rings is 2. The normalized spacial score (nSPS) is 11.3. The van der Waals surface area contributed by atoms with Crippen molar-refractivity contribution in [2.75, 3.05) is 0 Å². The lowest BCUT2D eigenvalue weighted by atomic mass is 10.4. The van der Waals surface area contributed by atoms with Gasteiger partial charge >= 0.3 is 11.4 Å². The second kappa shape index (κ2) is 6.04. The number of carbonyl (C=O) groups is 2. The zero-order chi connectivity index (χ0) is 20.0. The summed E-state index contributed by atoms with van der Waals surface area (Å²) in [5.41, 5.74) is 8.47. The summed E-state index contributed by atoms with van der Waals surface area (Å²) >= 11 is 0. The van der Waals surface area contributed by atoms with Gasteiger partial charge < -0.3 is 11.5 Å². The highest BCUT2D eigenvalue weighted by atomic mass is 16.2. The van der Waals surface area contributed by atoms with Gasteiger partial charge in [-0.25, -0.2) is 28.4 Å². The van der Waals surface area contributed by atoms with E-state index in [1.54, 1.807) is 0 Å². The van der Waals surface area contributed by atoms with E-state index in [-0.39, 0.29) is 35.8 Å². The third-order valence-electron chi connectivity index (χ3n) is 3.82. The van der Waals surface area contributed by atoms with Crippen LogP contribution in [0.2, 0.25) is 0 Å². The molecule has 0 atom stereocenters. The third-order valence-corrected chi connectivity index (χ3v) is 3.82. The Labute approximate surface area is 152 Å². The summed E-state index contributed by atoms with van der Waals surface area (Å²) in [6, 6.07) is 0. The lowest BCUT2D eigenvalue weighted by Crippen LogP contribution is -2.35. The van der Waals surface area contributed by atoms with Crippen LogP contribution < -0.4 is 22.8 Å². The largest absolute Gasteiger partial charge is 0.364 e. The molecule has 0 unspecified atom stereocenters. The highest BCUT2D eigenvalue weighted by molar-refractivity contribution is 5.97. The quantitative estimate of drug-likeness (QED) is 0.337. The van der Waals surface area contributed by atoms with Gasteiger partial charge in [-0.1, -0.05) is 10.4 Å². The van der Waals surface area contributed by atoms with Crippen molar-refractivity contribution in [1.82, 2.24) is 48.8 Å². The highest BCUT2D eigenvalue weighted by Gasteiger charge is 2.17. The zero-order valence-electron chi connectivity index (χ0n) is 13.8. The van der Waals surface area contributed by atoms with Crippen molar-refractivity contribution in [1.29, 1.82) is 0 Å². The van der Waals surface area contributed by atoms with Crippen LogP contribution in [0, 0.1) is 0 Å². The lowest BCUT2D eigenvalue weighted by molar-refractivity contribution is 0.0989. The van der Waals surface area contributed by atoms with Crippen LogP contribution in [0.1, 0.15) is 21.0 Å². The van der Waals surface area contributed by atoms with Crippen LogP contribution >= 0.6 is 0 Å². The fourth-order valence-corrected chi connectivity index (χ4v) is 2.49. The number of aryl methyl sites for hydroxylation is 2. The van der Waals surface area contributed by atoms with Crippen molar-refractivity contribution >= 4 is 23.1 Å². The molecule has 28 heavy (non-hydrogen) atoms. The Morgan fingerprint density at radius 1 is 0.786 bits per heavy atom. The van der Waals surface area contributed by atoms with E-state index in [1.807, 2.05) is 0 Å². The molecule has 0 bridgehead atoms. The number of aromatic nitrogens is 10. The molecule has 0 radical (unpaired) electrons. The molecular formula is C12H10N12O4. The van der Waals surface area contributed by atoms with E-state index in [0.717, 1.165) is 30.8 Å². The number of primary amides is 2. The number of amides is 2. The first kappa shape index (κ1) is 16.9. The molecule has 0 aromatic carbocycles. The van der Waals surface area contributed by atoms with E-state index in [9.17, 15) is 19.2 Å². The maximum atomic E-state index is 12.4. The van der Waals surface area contributed by atoms with Gasteiger partial charge in [0, 0.05) is 0 Å². The smallest absolute Gasteiger partial charge is 0.353 e. The van der Waals surface area contributed by atoms with E-state index >= 15 is 0 Å². The number of hydrogen-bond acceptors (Lipinski definition) is 10. The van der Waals surface area contributed by atoms with Crippen molar-refractivity contribution in [2.24, 2.45) is 11.5 Å². The SMILES string of the molecule is NC(=O)c1ncn2c(=O)n(CCn3nnc4c(C(N)=O)ncn4c3=O)nnc12. The molecule has 0 aliphatic rings. The van der Waals surface area contributed by atoms with Crippen LogP contribution in [0.5, 0.6) is 0 Å². The summed E-state index contributed by atoms with van der Waals surface area (Å²) in [6.07, 6.45) is 2.19. The molecule has 0 aliphatic heterocycles. The van der Waals surface area contributed by atoms with Gasteiger partial charge in [0.15, 0.2) is 22.7 Å². The number of fused-ring (bicyclic) bond motifs is 2. The number of hydrogen-bond donors (Lipinski definition) is 2.